The van der Waals surface area contributed by atoms with Crippen LogP contribution >= 0.6 is 0 Å². The zero-order chi connectivity index (χ0) is 17.6. The van der Waals surface area contributed by atoms with E-state index in [1.807, 2.05) is 43.9 Å². The highest BCUT2D eigenvalue weighted by molar-refractivity contribution is 5.97. The summed E-state index contributed by atoms with van der Waals surface area (Å²) in [4.78, 5) is 26.6. The highest BCUT2D eigenvalue weighted by Gasteiger charge is 2.69. The summed E-state index contributed by atoms with van der Waals surface area (Å²) in [7, 11) is 0. The fraction of sp³-hybridized carbons (Fsp3) is 0.579. The number of nitrogens with zero attached hydrogens (tertiary/aromatic N) is 1. The van der Waals surface area contributed by atoms with E-state index in [9.17, 15) is 14.7 Å². The van der Waals surface area contributed by atoms with E-state index in [2.05, 4.69) is 0 Å². The van der Waals surface area contributed by atoms with Gasteiger partial charge in [0.25, 0.3) is 0 Å². The first-order valence-electron chi connectivity index (χ1n) is 8.42. The molecule has 2 fully saturated rings. The van der Waals surface area contributed by atoms with Crippen molar-refractivity contribution < 1.29 is 19.4 Å². The van der Waals surface area contributed by atoms with Crippen LogP contribution < -0.4 is 0 Å². The van der Waals surface area contributed by atoms with Gasteiger partial charge in [0.1, 0.15) is 11.2 Å². The minimum Gasteiger partial charge on any atom is -0.459 e. The molecular weight excluding hydrogens is 306 g/mol. The van der Waals surface area contributed by atoms with Gasteiger partial charge in [-0.2, -0.15) is 0 Å². The van der Waals surface area contributed by atoms with Crippen LogP contribution in [0.15, 0.2) is 30.3 Å². The van der Waals surface area contributed by atoms with E-state index in [0.717, 1.165) is 0 Å². The number of hydrogen-bond acceptors (Lipinski definition) is 5. The lowest BCUT2D eigenvalue weighted by Crippen LogP contribution is -2.68. The number of Topliss-reactive ketones (excluding diaryl/α,β-unsaturated/α-hetero) is 1. The van der Waals surface area contributed by atoms with Gasteiger partial charge in [-0.05, 0) is 33.6 Å². The second kappa shape index (κ2) is 5.67. The average molecular weight is 331 g/mol. The fourth-order valence-corrected chi connectivity index (χ4v) is 3.39. The second-order valence-electron chi connectivity index (χ2n) is 8.05. The van der Waals surface area contributed by atoms with Crippen LogP contribution in [-0.4, -0.2) is 52.6 Å². The summed E-state index contributed by atoms with van der Waals surface area (Å²) in [5.74, 6) is -0.286. The first kappa shape index (κ1) is 17.1. The fourth-order valence-electron chi connectivity index (χ4n) is 3.39. The molecule has 0 unspecified atom stereocenters. The molecule has 1 aromatic carbocycles. The SMILES string of the molecule is CC(C)(C)OC(=O)C1(C2(O)CN(CC(=O)c3ccccc3)C2)CC1. The molecule has 130 valence electrons. The molecule has 5 nitrogen and oxygen atoms in total. The van der Waals surface area contributed by atoms with Gasteiger partial charge < -0.3 is 9.84 Å². The standard InChI is InChI=1S/C19H25NO4/c1-17(2,3)24-16(22)18(9-10-18)19(23)12-20(13-19)11-15(21)14-7-5-4-6-8-14/h4-8,23H,9-13H2,1-3H3. The van der Waals surface area contributed by atoms with Crippen LogP contribution in [0.3, 0.4) is 0 Å². The van der Waals surface area contributed by atoms with Crippen LogP contribution in [0.25, 0.3) is 0 Å². The number of esters is 1. The van der Waals surface area contributed by atoms with E-state index in [-0.39, 0.29) is 18.3 Å². The average Bonchev–Trinajstić information content (AvgIpc) is 3.26. The number of carbonyl (C=O) groups is 2. The molecule has 1 saturated heterocycles. The molecule has 3 rings (SSSR count). The summed E-state index contributed by atoms with van der Waals surface area (Å²) in [6.45, 7) is 6.43. The smallest absolute Gasteiger partial charge is 0.315 e. The van der Waals surface area contributed by atoms with E-state index in [0.29, 0.717) is 31.5 Å². The lowest BCUT2D eigenvalue weighted by atomic mass is 9.77. The Bertz CT molecular complexity index is 637. The molecule has 0 radical (unpaired) electrons. The molecule has 5 heteroatoms. The highest BCUT2D eigenvalue weighted by Crippen LogP contribution is 2.58. The van der Waals surface area contributed by atoms with E-state index in [1.165, 1.54) is 0 Å². The zero-order valence-electron chi connectivity index (χ0n) is 14.5. The molecule has 0 bridgehead atoms. The van der Waals surface area contributed by atoms with Crippen molar-refractivity contribution in [1.82, 2.24) is 4.90 Å². The Kier molecular flexibility index (Phi) is 4.04. The van der Waals surface area contributed by atoms with Crippen LogP contribution in [0.2, 0.25) is 0 Å². The summed E-state index contributed by atoms with van der Waals surface area (Å²) in [5.41, 5.74) is -1.75. The van der Waals surface area contributed by atoms with Crippen molar-refractivity contribution in [3.63, 3.8) is 0 Å². The first-order valence-corrected chi connectivity index (χ1v) is 8.42. The molecule has 1 saturated carbocycles. The van der Waals surface area contributed by atoms with Crippen LogP contribution in [0, 0.1) is 5.41 Å². The van der Waals surface area contributed by atoms with Crippen LogP contribution in [-0.2, 0) is 9.53 Å². The molecule has 0 atom stereocenters. The third kappa shape index (κ3) is 3.10. The van der Waals surface area contributed by atoms with Crippen LogP contribution in [0.1, 0.15) is 44.0 Å². The van der Waals surface area contributed by atoms with Gasteiger partial charge in [-0.1, -0.05) is 30.3 Å². The Labute approximate surface area is 142 Å². The predicted molar refractivity (Wildman–Crippen MR) is 89.7 cm³/mol. The molecule has 1 aliphatic heterocycles. The molecule has 1 aliphatic carbocycles. The maximum Gasteiger partial charge on any atom is 0.315 e. The molecule has 1 heterocycles. The van der Waals surface area contributed by atoms with Gasteiger partial charge in [-0.3, -0.25) is 14.5 Å². The number of benzene rings is 1. The summed E-state index contributed by atoms with van der Waals surface area (Å²) >= 11 is 0. The Hall–Kier alpha value is -1.72. The molecule has 0 aromatic heterocycles. The van der Waals surface area contributed by atoms with E-state index >= 15 is 0 Å². The number of rotatable bonds is 5. The van der Waals surface area contributed by atoms with Crippen molar-refractivity contribution in [2.45, 2.75) is 44.8 Å². The van der Waals surface area contributed by atoms with Gasteiger partial charge in [-0.15, -0.1) is 0 Å². The van der Waals surface area contributed by atoms with Crippen molar-refractivity contribution >= 4 is 11.8 Å². The summed E-state index contributed by atoms with van der Waals surface area (Å²) in [6.07, 6.45) is 1.30. The zero-order valence-corrected chi connectivity index (χ0v) is 14.5. The quantitative estimate of drug-likeness (QED) is 0.661. The lowest BCUT2D eigenvalue weighted by Gasteiger charge is -2.50. The third-order valence-corrected chi connectivity index (χ3v) is 4.86. The van der Waals surface area contributed by atoms with Gasteiger partial charge in [-0.25, -0.2) is 0 Å². The normalized spacial score (nSPS) is 21.7. The minimum absolute atomic E-state index is 0.0276. The van der Waals surface area contributed by atoms with Gasteiger partial charge >= 0.3 is 5.97 Å². The van der Waals surface area contributed by atoms with E-state index < -0.39 is 16.6 Å². The van der Waals surface area contributed by atoms with Crippen molar-refractivity contribution in [3.05, 3.63) is 35.9 Å². The van der Waals surface area contributed by atoms with E-state index in [4.69, 9.17) is 4.74 Å². The molecule has 1 N–H and O–H groups in total. The maximum absolute atomic E-state index is 12.5. The first-order chi connectivity index (χ1) is 11.2. The highest BCUT2D eigenvalue weighted by atomic mass is 16.6. The minimum atomic E-state index is -1.08. The number of ether oxygens (including phenoxy) is 1. The predicted octanol–water partition coefficient (Wildman–Crippen LogP) is 2.04. The topological polar surface area (TPSA) is 66.8 Å². The van der Waals surface area contributed by atoms with Crippen LogP contribution in [0.5, 0.6) is 0 Å². The number of ketones is 1. The molecule has 0 amide bonds. The van der Waals surface area contributed by atoms with Crippen molar-refractivity contribution in [3.8, 4) is 0 Å². The van der Waals surface area contributed by atoms with Gasteiger partial charge in [0.05, 0.1) is 12.0 Å². The van der Waals surface area contributed by atoms with Gasteiger partial charge in [0.2, 0.25) is 0 Å². The second-order valence-corrected chi connectivity index (χ2v) is 8.05. The van der Waals surface area contributed by atoms with E-state index in [1.54, 1.807) is 12.1 Å². The molecule has 1 aromatic rings. The number of aliphatic hydroxyl groups is 1. The Morgan fingerprint density at radius 1 is 1.17 bits per heavy atom. The summed E-state index contributed by atoms with van der Waals surface area (Å²) in [6, 6.07) is 9.12. The molecule has 24 heavy (non-hydrogen) atoms. The third-order valence-electron chi connectivity index (χ3n) is 4.86. The van der Waals surface area contributed by atoms with Crippen LogP contribution in [0.4, 0.5) is 0 Å². The molecular formula is C19H25NO4. The molecule has 0 spiro atoms. The van der Waals surface area contributed by atoms with Gasteiger partial charge in [0.15, 0.2) is 5.78 Å². The summed E-state index contributed by atoms with van der Waals surface area (Å²) in [5, 5.41) is 10.9. The number of hydrogen-bond donors (Lipinski definition) is 1. The Balaban J connectivity index is 1.59. The summed E-state index contributed by atoms with van der Waals surface area (Å²) < 4.78 is 5.49. The number of β-amino-alcohol motifs (C(OH)–C–C–N with tert-alkyl or cyclic N) is 1. The number of likely N-dealkylation sites (tertiary alicyclic amines) is 1. The largest absolute Gasteiger partial charge is 0.459 e. The van der Waals surface area contributed by atoms with Crippen molar-refractivity contribution in [1.29, 1.82) is 0 Å². The lowest BCUT2D eigenvalue weighted by molar-refractivity contribution is -0.191. The van der Waals surface area contributed by atoms with Crippen molar-refractivity contribution in [2.75, 3.05) is 19.6 Å². The van der Waals surface area contributed by atoms with Crippen molar-refractivity contribution in [2.24, 2.45) is 5.41 Å². The molecule has 2 aliphatic rings. The Morgan fingerprint density at radius 2 is 1.75 bits per heavy atom. The number of carbonyl (C=O) groups excluding carboxylic acids is 2. The Morgan fingerprint density at radius 3 is 2.25 bits per heavy atom. The van der Waals surface area contributed by atoms with Gasteiger partial charge in [0, 0.05) is 18.7 Å². The monoisotopic (exact) mass is 331 g/mol. The maximum atomic E-state index is 12.5.